The Morgan fingerprint density at radius 2 is 2.30 bits per heavy atom. The molecule has 3 aromatic rings. The molecule has 1 aliphatic heterocycles. The number of nitrogens with zero attached hydrogens (tertiary/aromatic N) is 5. The summed E-state index contributed by atoms with van der Waals surface area (Å²) in [5.74, 6) is 0.803. The number of amides is 1. The molecule has 0 bridgehead atoms. The molecule has 0 radical (unpaired) electrons. The van der Waals surface area contributed by atoms with Gasteiger partial charge in [0.15, 0.2) is 11.5 Å². The van der Waals surface area contributed by atoms with Crippen molar-refractivity contribution >= 4 is 17.4 Å². The molecule has 9 heteroatoms. The molecule has 1 aliphatic rings. The number of piperidine rings is 1. The maximum absolute atomic E-state index is 13.0. The molecule has 4 rings (SSSR count). The lowest BCUT2D eigenvalue weighted by Crippen LogP contribution is -2.39. The fourth-order valence-electron chi connectivity index (χ4n) is 3.63. The maximum Gasteiger partial charge on any atom is 0.274 e. The number of aromatic nitrogens is 5. The number of rotatable bonds is 4. The monoisotopic (exact) mass is 386 g/mol. The van der Waals surface area contributed by atoms with Crippen LogP contribution in [0.15, 0.2) is 10.6 Å². The van der Waals surface area contributed by atoms with Crippen LogP contribution in [0.1, 0.15) is 58.8 Å². The van der Waals surface area contributed by atoms with E-state index < -0.39 is 0 Å². The SMILES string of the molecule is CCc1[nH]nc(C(=O)N2CCC[C@H](c3nnsc3-c3cc(C)no3)C2)c1C. The maximum atomic E-state index is 13.0. The summed E-state index contributed by atoms with van der Waals surface area (Å²) in [6.07, 6.45) is 2.72. The number of likely N-dealkylation sites (tertiary alicyclic amines) is 1. The number of nitrogens with one attached hydrogen (secondary N) is 1. The summed E-state index contributed by atoms with van der Waals surface area (Å²) in [6.45, 7) is 7.23. The van der Waals surface area contributed by atoms with Crippen molar-refractivity contribution in [1.82, 2.24) is 29.8 Å². The fraction of sp³-hybridized carbons (Fsp3) is 0.500. The fourth-order valence-corrected chi connectivity index (χ4v) is 4.32. The summed E-state index contributed by atoms with van der Waals surface area (Å²) in [7, 11) is 0. The van der Waals surface area contributed by atoms with Crippen molar-refractivity contribution in [1.29, 1.82) is 0 Å². The van der Waals surface area contributed by atoms with Gasteiger partial charge in [0, 0.05) is 36.3 Å². The molecule has 0 spiro atoms. The molecule has 8 nitrogen and oxygen atoms in total. The van der Waals surface area contributed by atoms with E-state index in [0.29, 0.717) is 18.0 Å². The molecular weight excluding hydrogens is 364 g/mol. The molecule has 1 N–H and O–H groups in total. The van der Waals surface area contributed by atoms with Gasteiger partial charge in [0.05, 0.1) is 11.4 Å². The van der Waals surface area contributed by atoms with Gasteiger partial charge in [0.2, 0.25) is 0 Å². The first-order valence-corrected chi connectivity index (χ1v) is 9.94. The smallest absolute Gasteiger partial charge is 0.274 e. The quantitative estimate of drug-likeness (QED) is 0.739. The van der Waals surface area contributed by atoms with Crippen molar-refractivity contribution in [3.8, 4) is 10.6 Å². The highest BCUT2D eigenvalue weighted by molar-refractivity contribution is 7.09. The zero-order chi connectivity index (χ0) is 19.0. The average molecular weight is 386 g/mol. The lowest BCUT2D eigenvalue weighted by atomic mass is 9.93. The molecule has 1 saturated heterocycles. The van der Waals surface area contributed by atoms with Crippen LogP contribution in [0.25, 0.3) is 10.6 Å². The third kappa shape index (κ3) is 3.27. The van der Waals surface area contributed by atoms with Crippen molar-refractivity contribution in [3.63, 3.8) is 0 Å². The van der Waals surface area contributed by atoms with Gasteiger partial charge in [0.25, 0.3) is 5.91 Å². The van der Waals surface area contributed by atoms with Gasteiger partial charge in [-0.05, 0) is 44.6 Å². The molecule has 4 heterocycles. The molecule has 0 unspecified atom stereocenters. The summed E-state index contributed by atoms with van der Waals surface area (Å²) in [6, 6.07) is 1.89. The van der Waals surface area contributed by atoms with E-state index in [4.69, 9.17) is 4.52 Å². The number of carbonyl (C=O) groups is 1. The van der Waals surface area contributed by atoms with E-state index in [2.05, 4.69) is 24.9 Å². The molecule has 1 fully saturated rings. The normalized spacial score (nSPS) is 17.4. The number of hydrogen-bond donors (Lipinski definition) is 1. The van der Waals surface area contributed by atoms with E-state index in [0.717, 1.165) is 53.3 Å². The second-order valence-electron chi connectivity index (χ2n) is 6.94. The van der Waals surface area contributed by atoms with Crippen molar-refractivity contribution in [2.45, 2.75) is 46.0 Å². The van der Waals surface area contributed by atoms with Crippen LogP contribution >= 0.6 is 11.5 Å². The Balaban J connectivity index is 1.56. The van der Waals surface area contributed by atoms with Crippen molar-refractivity contribution in [2.24, 2.45) is 0 Å². The first-order chi connectivity index (χ1) is 13.1. The van der Waals surface area contributed by atoms with Crippen LogP contribution in [0, 0.1) is 13.8 Å². The number of hydrogen-bond acceptors (Lipinski definition) is 7. The molecule has 0 aliphatic carbocycles. The predicted octanol–water partition coefficient (Wildman–Crippen LogP) is 3.12. The molecule has 27 heavy (non-hydrogen) atoms. The Kier molecular flexibility index (Phi) is 4.77. The molecule has 1 atom stereocenters. The minimum Gasteiger partial charge on any atom is -0.355 e. The molecule has 142 valence electrons. The highest BCUT2D eigenvalue weighted by Crippen LogP contribution is 2.35. The molecule has 0 saturated carbocycles. The zero-order valence-corrected chi connectivity index (χ0v) is 16.5. The van der Waals surface area contributed by atoms with Crippen molar-refractivity contribution in [3.05, 3.63) is 34.4 Å². The Bertz CT molecular complexity index is 959. The lowest BCUT2D eigenvalue weighted by Gasteiger charge is -2.31. The van der Waals surface area contributed by atoms with Crippen LogP contribution < -0.4 is 0 Å². The number of aryl methyl sites for hydroxylation is 2. The third-order valence-electron chi connectivity index (χ3n) is 5.13. The van der Waals surface area contributed by atoms with Gasteiger partial charge >= 0.3 is 0 Å². The zero-order valence-electron chi connectivity index (χ0n) is 15.7. The minimum absolute atomic E-state index is 0.0200. The standard InChI is InChI=1S/C18H22N6O2S/c1-4-13-11(3)15(20-19-13)18(25)24-7-5-6-12(9-24)16-17(27-23-21-16)14-8-10(2)22-26-14/h8,12H,4-7,9H2,1-3H3,(H,19,20)/t12-/m0/s1. The number of H-pyrrole nitrogens is 1. The van der Waals surface area contributed by atoms with Crippen LogP contribution in [-0.2, 0) is 6.42 Å². The van der Waals surface area contributed by atoms with E-state index in [1.807, 2.05) is 31.7 Å². The summed E-state index contributed by atoms with van der Waals surface area (Å²) in [5.41, 5.74) is 4.19. The molecule has 1 amide bonds. The van der Waals surface area contributed by atoms with Gasteiger partial charge < -0.3 is 9.42 Å². The van der Waals surface area contributed by atoms with Crippen LogP contribution in [0.3, 0.4) is 0 Å². The summed E-state index contributed by atoms with van der Waals surface area (Å²) >= 11 is 1.31. The van der Waals surface area contributed by atoms with Gasteiger partial charge in [-0.2, -0.15) is 5.10 Å². The highest BCUT2D eigenvalue weighted by atomic mass is 32.1. The second kappa shape index (κ2) is 7.22. The molecule has 3 aromatic heterocycles. The van der Waals surface area contributed by atoms with E-state index in [1.54, 1.807) is 0 Å². The van der Waals surface area contributed by atoms with Gasteiger partial charge in [-0.25, -0.2) is 0 Å². The van der Waals surface area contributed by atoms with Crippen molar-refractivity contribution < 1.29 is 9.32 Å². The summed E-state index contributed by atoms with van der Waals surface area (Å²) in [5, 5.41) is 15.5. The number of aromatic amines is 1. The topological polar surface area (TPSA) is 101 Å². The third-order valence-corrected chi connectivity index (χ3v) is 5.88. The van der Waals surface area contributed by atoms with Crippen LogP contribution in [0.5, 0.6) is 0 Å². The Hall–Kier alpha value is -2.55. The van der Waals surface area contributed by atoms with Crippen molar-refractivity contribution in [2.75, 3.05) is 13.1 Å². The van der Waals surface area contributed by atoms with Gasteiger partial charge in [-0.15, -0.1) is 5.10 Å². The van der Waals surface area contributed by atoms with Gasteiger partial charge in [0.1, 0.15) is 4.88 Å². The number of carbonyl (C=O) groups excluding carboxylic acids is 1. The largest absolute Gasteiger partial charge is 0.355 e. The second-order valence-corrected chi connectivity index (χ2v) is 7.69. The summed E-state index contributed by atoms with van der Waals surface area (Å²) in [4.78, 5) is 15.8. The average Bonchev–Trinajstić information content (AvgIpc) is 3.40. The first kappa shape index (κ1) is 17.8. The lowest BCUT2D eigenvalue weighted by molar-refractivity contribution is 0.0699. The van der Waals surface area contributed by atoms with E-state index >= 15 is 0 Å². The minimum atomic E-state index is -0.0200. The van der Waals surface area contributed by atoms with Gasteiger partial charge in [-0.3, -0.25) is 9.89 Å². The summed E-state index contributed by atoms with van der Waals surface area (Å²) < 4.78 is 9.52. The van der Waals surface area contributed by atoms with Gasteiger partial charge in [-0.1, -0.05) is 16.6 Å². The Morgan fingerprint density at radius 1 is 1.44 bits per heavy atom. The predicted molar refractivity (Wildman–Crippen MR) is 101 cm³/mol. The van der Waals surface area contributed by atoms with Crippen LogP contribution in [-0.4, -0.2) is 48.8 Å². The molecular formula is C18H22N6O2S. The first-order valence-electron chi connectivity index (χ1n) is 9.17. The highest BCUT2D eigenvalue weighted by Gasteiger charge is 2.31. The Morgan fingerprint density at radius 3 is 3.00 bits per heavy atom. The van der Waals surface area contributed by atoms with Crippen LogP contribution in [0.4, 0.5) is 0 Å². The van der Waals surface area contributed by atoms with E-state index in [-0.39, 0.29) is 11.8 Å². The molecule has 0 aromatic carbocycles. The Labute approximate surface area is 161 Å². The van der Waals surface area contributed by atoms with E-state index in [9.17, 15) is 4.79 Å². The van der Waals surface area contributed by atoms with Crippen LogP contribution in [0.2, 0.25) is 0 Å². The van der Waals surface area contributed by atoms with E-state index in [1.165, 1.54) is 11.5 Å².